The number of hydrogen-bond acceptors (Lipinski definition) is 4. The van der Waals surface area contributed by atoms with Crippen molar-refractivity contribution >= 4 is 5.97 Å². The third kappa shape index (κ3) is 1.70. The van der Waals surface area contributed by atoms with Crippen molar-refractivity contribution in [3.05, 3.63) is 24.3 Å². The highest BCUT2D eigenvalue weighted by atomic mass is 16.5. The summed E-state index contributed by atoms with van der Waals surface area (Å²) in [5.41, 5.74) is -0.194. The van der Waals surface area contributed by atoms with Crippen molar-refractivity contribution in [2.75, 3.05) is 13.2 Å². The van der Waals surface area contributed by atoms with Crippen LogP contribution in [0, 0.1) is 0 Å². The summed E-state index contributed by atoms with van der Waals surface area (Å²) < 4.78 is 5.19. The summed E-state index contributed by atoms with van der Waals surface area (Å²) in [6, 6.07) is 0. The fourth-order valence-electron chi connectivity index (χ4n) is 1.89. The molecule has 0 amide bonds. The van der Waals surface area contributed by atoms with E-state index in [1.54, 1.807) is 12.4 Å². The summed E-state index contributed by atoms with van der Waals surface area (Å²) >= 11 is 0. The van der Waals surface area contributed by atoms with Gasteiger partial charge in [0, 0.05) is 31.2 Å². The van der Waals surface area contributed by atoms with Crippen molar-refractivity contribution in [1.29, 1.82) is 0 Å². The molecular weight excluding hydrogens is 196 g/mol. The molecule has 1 aliphatic rings. The minimum absolute atomic E-state index is 0.473. The Bertz CT molecular complexity index is 347. The first-order chi connectivity index (χ1) is 7.26. The zero-order chi connectivity index (χ0) is 10.7. The summed E-state index contributed by atoms with van der Waals surface area (Å²) in [7, 11) is 0. The monoisotopic (exact) mass is 208 g/mol. The fraction of sp³-hybridized carbons (Fsp3) is 0.500. The predicted octanol–water partition coefficient (Wildman–Crippen LogP) is 0.609. The van der Waals surface area contributed by atoms with Gasteiger partial charge < -0.3 is 9.84 Å². The normalized spacial score (nSPS) is 19.7. The number of hydrogen-bond donors (Lipinski definition) is 1. The summed E-state index contributed by atoms with van der Waals surface area (Å²) in [5, 5.41) is 9.33. The van der Waals surface area contributed by atoms with Crippen LogP contribution in [0.5, 0.6) is 0 Å². The molecule has 2 rings (SSSR count). The SMILES string of the molecule is O=C(O)C1(c2cncnc2)CCOCC1. The number of aliphatic carboxylic acids is 1. The van der Waals surface area contributed by atoms with Gasteiger partial charge in [0.2, 0.25) is 0 Å². The molecule has 0 atom stereocenters. The fourth-order valence-corrected chi connectivity index (χ4v) is 1.89. The van der Waals surface area contributed by atoms with Crippen LogP contribution in [0.25, 0.3) is 0 Å². The molecule has 0 radical (unpaired) electrons. The maximum absolute atomic E-state index is 11.4. The Balaban J connectivity index is 2.38. The molecule has 80 valence electrons. The lowest BCUT2D eigenvalue weighted by atomic mass is 9.75. The van der Waals surface area contributed by atoms with Crippen molar-refractivity contribution in [2.24, 2.45) is 0 Å². The number of rotatable bonds is 2. The molecule has 0 aromatic carbocycles. The van der Waals surface area contributed by atoms with Crippen molar-refractivity contribution in [3.63, 3.8) is 0 Å². The smallest absolute Gasteiger partial charge is 0.314 e. The van der Waals surface area contributed by atoms with Crippen molar-refractivity contribution in [1.82, 2.24) is 9.97 Å². The van der Waals surface area contributed by atoms with Crippen LogP contribution in [0.1, 0.15) is 18.4 Å². The highest BCUT2D eigenvalue weighted by molar-refractivity contribution is 5.81. The molecule has 0 aliphatic carbocycles. The lowest BCUT2D eigenvalue weighted by Gasteiger charge is -2.32. The highest BCUT2D eigenvalue weighted by Crippen LogP contribution is 2.34. The Hall–Kier alpha value is -1.49. The van der Waals surface area contributed by atoms with Crippen LogP contribution in [-0.4, -0.2) is 34.3 Å². The van der Waals surface area contributed by atoms with Gasteiger partial charge in [-0.2, -0.15) is 0 Å². The van der Waals surface area contributed by atoms with Gasteiger partial charge in [0.1, 0.15) is 11.7 Å². The minimum Gasteiger partial charge on any atom is -0.481 e. The number of carboxylic acid groups (broad SMARTS) is 1. The molecule has 5 nitrogen and oxygen atoms in total. The van der Waals surface area contributed by atoms with Crippen LogP contribution in [0.3, 0.4) is 0 Å². The quantitative estimate of drug-likeness (QED) is 0.770. The molecule has 1 N–H and O–H groups in total. The third-order valence-corrected chi connectivity index (χ3v) is 2.87. The van der Waals surface area contributed by atoms with Crippen LogP contribution in [0.15, 0.2) is 18.7 Å². The summed E-state index contributed by atoms with van der Waals surface area (Å²) in [6.45, 7) is 0.947. The molecule has 1 aromatic heterocycles. The van der Waals surface area contributed by atoms with E-state index in [2.05, 4.69) is 9.97 Å². The van der Waals surface area contributed by atoms with E-state index in [-0.39, 0.29) is 0 Å². The minimum atomic E-state index is -0.862. The zero-order valence-electron chi connectivity index (χ0n) is 8.22. The van der Waals surface area contributed by atoms with E-state index in [9.17, 15) is 9.90 Å². The molecule has 0 bridgehead atoms. The first-order valence-electron chi connectivity index (χ1n) is 4.82. The van der Waals surface area contributed by atoms with Gasteiger partial charge in [-0.05, 0) is 12.8 Å². The van der Waals surface area contributed by atoms with E-state index in [1.807, 2.05) is 0 Å². The van der Waals surface area contributed by atoms with Gasteiger partial charge in [-0.3, -0.25) is 4.79 Å². The molecule has 1 aromatic rings. The number of nitrogens with zero attached hydrogens (tertiary/aromatic N) is 2. The Kier molecular flexibility index (Phi) is 2.64. The maximum atomic E-state index is 11.4. The van der Waals surface area contributed by atoms with E-state index in [0.29, 0.717) is 31.6 Å². The van der Waals surface area contributed by atoms with Gasteiger partial charge in [-0.25, -0.2) is 9.97 Å². The van der Waals surface area contributed by atoms with Crippen molar-refractivity contribution in [2.45, 2.75) is 18.3 Å². The molecule has 0 unspecified atom stereocenters. The third-order valence-electron chi connectivity index (χ3n) is 2.87. The van der Waals surface area contributed by atoms with Gasteiger partial charge in [-0.15, -0.1) is 0 Å². The van der Waals surface area contributed by atoms with E-state index < -0.39 is 11.4 Å². The standard InChI is InChI=1S/C10H12N2O3/c13-9(14)10(1-3-15-4-2-10)8-5-11-7-12-6-8/h5-7H,1-4H2,(H,13,14). The van der Waals surface area contributed by atoms with Gasteiger partial charge in [-0.1, -0.05) is 0 Å². The van der Waals surface area contributed by atoms with E-state index in [1.165, 1.54) is 6.33 Å². The summed E-state index contributed by atoms with van der Waals surface area (Å²) in [4.78, 5) is 19.1. The maximum Gasteiger partial charge on any atom is 0.314 e. The van der Waals surface area contributed by atoms with Crippen LogP contribution in [-0.2, 0) is 14.9 Å². The molecule has 0 spiro atoms. The van der Waals surface area contributed by atoms with E-state index in [0.717, 1.165) is 0 Å². The Morgan fingerprint density at radius 3 is 2.47 bits per heavy atom. The number of carbonyl (C=O) groups is 1. The molecule has 15 heavy (non-hydrogen) atoms. The van der Waals surface area contributed by atoms with Gasteiger partial charge in [0.05, 0.1) is 0 Å². The second kappa shape index (κ2) is 3.94. The summed E-state index contributed by atoms with van der Waals surface area (Å²) in [5.74, 6) is -0.819. The van der Waals surface area contributed by atoms with Gasteiger partial charge in [0.15, 0.2) is 0 Å². The summed E-state index contributed by atoms with van der Waals surface area (Å²) in [6.07, 6.45) is 5.52. The second-order valence-corrected chi connectivity index (χ2v) is 3.63. The molecule has 1 saturated heterocycles. The van der Waals surface area contributed by atoms with Gasteiger partial charge in [0.25, 0.3) is 0 Å². The van der Waals surface area contributed by atoms with Crippen molar-refractivity contribution < 1.29 is 14.6 Å². The molecule has 5 heteroatoms. The average molecular weight is 208 g/mol. The molecule has 2 heterocycles. The lowest BCUT2D eigenvalue weighted by molar-refractivity contribution is -0.147. The predicted molar refractivity (Wildman–Crippen MR) is 51.4 cm³/mol. The second-order valence-electron chi connectivity index (χ2n) is 3.63. The molecule has 1 aliphatic heterocycles. The topological polar surface area (TPSA) is 72.3 Å². The Morgan fingerprint density at radius 1 is 1.33 bits per heavy atom. The number of carboxylic acids is 1. The molecule has 1 fully saturated rings. The van der Waals surface area contributed by atoms with E-state index >= 15 is 0 Å². The lowest BCUT2D eigenvalue weighted by Crippen LogP contribution is -2.41. The first-order valence-corrected chi connectivity index (χ1v) is 4.82. The molecule has 0 saturated carbocycles. The zero-order valence-corrected chi connectivity index (χ0v) is 8.22. The number of ether oxygens (including phenoxy) is 1. The van der Waals surface area contributed by atoms with Crippen LogP contribution >= 0.6 is 0 Å². The first kappa shape index (κ1) is 10.0. The Morgan fingerprint density at radius 2 is 1.93 bits per heavy atom. The average Bonchev–Trinajstić information content (AvgIpc) is 2.31. The van der Waals surface area contributed by atoms with E-state index in [4.69, 9.17) is 4.74 Å². The number of aromatic nitrogens is 2. The largest absolute Gasteiger partial charge is 0.481 e. The highest BCUT2D eigenvalue weighted by Gasteiger charge is 2.42. The van der Waals surface area contributed by atoms with Crippen molar-refractivity contribution in [3.8, 4) is 0 Å². The van der Waals surface area contributed by atoms with Crippen LogP contribution in [0.2, 0.25) is 0 Å². The van der Waals surface area contributed by atoms with Crippen LogP contribution in [0.4, 0.5) is 0 Å². The molecular formula is C10H12N2O3. The Labute approximate surface area is 87.1 Å². The van der Waals surface area contributed by atoms with Crippen LogP contribution < -0.4 is 0 Å². The van der Waals surface area contributed by atoms with Gasteiger partial charge >= 0.3 is 5.97 Å².